The van der Waals surface area contributed by atoms with E-state index in [9.17, 15) is 4.79 Å². The summed E-state index contributed by atoms with van der Waals surface area (Å²) in [6.45, 7) is 5.40. The summed E-state index contributed by atoms with van der Waals surface area (Å²) in [5.41, 5.74) is 2.37. The Balaban J connectivity index is 1.52. The number of anilines is 5. The van der Waals surface area contributed by atoms with Gasteiger partial charge in [0.25, 0.3) is 0 Å². The molecule has 3 N–H and O–H groups in total. The van der Waals surface area contributed by atoms with Crippen LogP contribution in [0, 0.1) is 0 Å². The van der Waals surface area contributed by atoms with Gasteiger partial charge in [-0.3, -0.25) is 4.79 Å². The molecule has 3 heterocycles. The van der Waals surface area contributed by atoms with E-state index in [1.807, 2.05) is 48.7 Å². The number of pyridine rings is 1. The normalized spacial score (nSPS) is 13.8. The maximum absolute atomic E-state index is 12.0. The van der Waals surface area contributed by atoms with E-state index < -0.39 is 0 Å². The van der Waals surface area contributed by atoms with Crippen molar-refractivity contribution in [3.05, 3.63) is 60.4 Å². The number of ketones is 1. The van der Waals surface area contributed by atoms with Crippen molar-refractivity contribution in [2.75, 3.05) is 41.7 Å². The second kappa shape index (κ2) is 8.66. The van der Waals surface area contributed by atoms with Crippen LogP contribution in [-0.4, -0.2) is 46.9 Å². The molecule has 0 radical (unpaired) electrons. The third-order valence-electron chi connectivity index (χ3n) is 4.67. The Hall–Kier alpha value is -3.52. The van der Waals surface area contributed by atoms with Gasteiger partial charge < -0.3 is 20.9 Å². The van der Waals surface area contributed by atoms with E-state index in [0.29, 0.717) is 23.1 Å². The van der Waals surface area contributed by atoms with Crippen molar-refractivity contribution >= 4 is 34.7 Å². The fraction of sp³-hybridized carbons (Fsp3) is 0.238. The Bertz CT molecular complexity index is 970. The second-order valence-corrected chi connectivity index (χ2v) is 6.77. The van der Waals surface area contributed by atoms with Gasteiger partial charge in [-0.2, -0.15) is 4.98 Å². The Kier molecular flexibility index (Phi) is 5.62. The van der Waals surface area contributed by atoms with E-state index in [2.05, 4.69) is 35.8 Å². The number of nitrogens with one attached hydrogen (secondary N) is 3. The molecule has 1 aliphatic rings. The Morgan fingerprint density at radius 2 is 1.79 bits per heavy atom. The van der Waals surface area contributed by atoms with Gasteiger partial charge in [-0.05, 0) is 31.2 Å². The van der Waals surface area contributed by atoms with Gasteiger partial charge in [0, 0.05) is 38.1 Å². The summed E-state index contributed by atoms with van der Waals surface area (Å²) < 4.78 is 0. The smallest absolute Gasteiger partial charge is 0.230 e. The predicted molar refractivity (Wildman–Crippen MR) is 114 cm³/mol. The quantitative estimate of drug-likeness (QED) is 0.554. The number of carbonyl (C=O) groups excluding carboxylic acids is 1. The molecule has 1 aliphatic heterocycles. The number of nitrogens with zero attached hydrogens (tertiary/aromatic N) is 4. The minimum atomic E-state index is -0.103. The molecule has 1 fully saturated rings. The molecule has 8 heteroatoms. The van der Waals surface area contributed by atoms with Gasteiger partial charge in [-0.15, -0.1) is 0 Å². The number of hydrogen-bond acceptors (Lipinski definition) is 8. The van der Waals surface area contributed by atoms with Crippen molar-refractivity contribution in [3.63, 3.8) is 0 Å². The van der Waals surface area contributed by atoms with E-state index in [1.54, 1.807) is 0 Å². The molecule has 29 heavy (non-hydrogen) atoms. The largest absolute Gasteiger partial charge is 0.368 e. The summed E-state index contributed by atoms with van der Waals surface area (Å²) in [6.07, 6.45) is 3.37. The molecule has 3 aromatic rings. The summed E-state index contributed by atoms with van der Waals surface area (Å²) in [5, 5.41) is 9.64. The molecule has 0 atom stereocenters. The first-order valence-corrected chi connectivity index (χ1v) is 9.58. The Morgan fingerprint density at radius 3 is 2.48 bits per heavy atom. The molecular formula is C21H23N7O. The number of para-hydroxylation sites is 1. The lowest BCUT2D eigenvalue weighted by molar-refractivity contribution is 0.101. The van der Waals surface area contributed by atoms with Gasteiger partial charge in [0.05, 0.1) is 17.4 Å². The summed E-state index contributed by atoms with van der Waals surface area (Å²) in [6, 6.07) is 13.5. The molecule has 4 rings (SSSR count). The van der Waals surface area contributed by atoms with E-state index in [4.69, 9.17) is 0 Å². The molecule has 0 saturated carbocycles. The Morgan fingerprint density at radius 1 is 1.00 bits per heavy atom. The van der Waals surface area contributed by atoms with Crippen LogP contribution in [0.3, 0.4) is 0 Å². The van der Waals surface area contributed by atoms with Crippen LogP contribution in [0.25, 0.3) is 0 Å². The third-order valence-corrected chi connectivity index (χ3v) is 4.67. The number of aromatic nitrogens is 3. The number of benzene rings is 1. The van der Waals surface area contributed by atoms with Crippen LogP contribution in [0.5, 0.6) is 0 Å². The van der Waals surface area contributed by atoms with E-state index in [0.717, 1.165) is 37.6 Å². The van der Waals surface area contributed by atoms with Gasteiger partial charge in [-0.1, -0.05) is 18.2 Å². The molecule has 1 aromatic carbocycles. The Labute approximate surface area is 169 Å². The van der Waals surface area contributed by atoms with E-state index in [-0.39, 0.29) is 5.78 Å². The van der Waals surface area contributed by atoms with Crippen molar-refractivity contribution in [2.45, 2.75) is 6.92 Å². The van der Waals surface area contributed by atoms with Crippen molar-refractivity contribution in [3.8, 4) is 0 Å². The molecule has 0 bridgehead atoms. The van der Waals surface area contributed by atoms with Crippen LogP contribution in [0.4, 0.5) is 29.0 Å². The molecule has 0 unspecified atom stereocenters. The second-order valence-electron chi connectivity index (χ2n) is 6.77. The van der Waals surface area contributed by atoms with Crippen LogP contribution in [0.15, 0.2) is 54.9 Å². The van der Waals surface area contributed by atoms with Gasteiger partial charge in [0.15, 0.2) is 5.78 Å². The predicted octanol–water partition coefficient (Wildman–Crippen LogP) is 2.97. The zero-order chi connectivity index (χ0) is 20.1. The zero-order valence-electron chi connectivity index (χ0n) is 16.2. The molecule has 2 aromatic heterocycles. The van der Waals surface area contributed by atoms with E-state index >= 15 is 0 Å². The molecule has 148 valence electrons. The maximum Gasteiger partial charge on any atom is 0.230 e. The lowest BCUT2D eigenvalue weighted by Crippen LogP contribution is -2.43. The topological polar surface area (TPSA) is 95.1 Å². The fourth-order valence-electron chi connectivity index (χ4n) is 3.14. The minimum absolute atomic E-state index is 0.103. The fourth-order valence-corrected chi connectivity index (χ4v) is 3.14. The average Bonchev–Trinajstić information content (AvgIpc) is 2.76. The lowest BCUT2D eigenvalue weighted by Gasteiger charge is -2.29. The van der Waals surface area contributed by atoms with Crippen molar-refractivity contribution in [1.82, 2.24) is 20.3 Å². The molecule has 0 aliphatic carbocycles. The highest BCUT2D eigenvalue weighted by molar-refractivity contribution is 5.99. The molecule has 0 spiro atoms. The number of Topliss-reactive ketones (excluding diaryl/α,β-unsaturated/α-hetero) is 1. The lowest BCUT2D eigenvalue weighted by atomic mass is 10.2. The highest BCUT2D eigenvalue weighted by Gasteiger charge is 2.13. The monoisotopic (exact) mass is 389 g/mol. The van der Waals surface area contributed by atoms with Crippen LogP contribution >= 0.6 is 0 Å². The molecule has 0 amide bonds. The molecule has 8 nitrogen and oxygen atoms in total. The number of piperazine rings is 1. The minimum Gasteiger partial charge on any atom is -0.368 e. The first-order valence-electron chi connectivity index (χ1n) is 9.58. The first-order chi connectivity index (χ1) is 14.2. The summed E-state index contributed by atoms with van der Waals surface area (Å²) in [5.74, 6) is 1.37. The van der Waals surface area contributed by atoms with Crippen LogP contribution in [0.2, 0.25) is 0 Å². The first kappa shape index (κ1) is 18.8. The highest BCUT2D eigenvalue weighted by Crippen LogP contribution is 2.22. The zero-order valence-corrected chi connectivity index (χ0v) is 16.2. The van der Waals surface area contributed by atoms with E-state index in [1.165, 1.54) is 13.1 Å². The number of hydrogen-bond donors (Lipinski definition) is 3. The molecular weight excluding hydrogens is 366 g/mol. The van der Waals surface area contributed by atoms with Gasteiger partial charge >= 0.3 is 0 Å². The molecule has 1 saturated heterocycles. The standard InChI is InChI=1S/C21H23N7O/c1-15(29)18-14-24-21(27-20(18)25-16-5-3-2-4-6-16)26-19-8-7-17(13-23-19)28-11-9-22-10-12-28/h2-8,13-14,22H,9-12H2,1H3,(H2,23,24,25,26,27). The summed E-state index contributed by atoms with van der Waals surface area (Å²) >= 11 is 0. The number of carbonyl (C=O) groups is 1. The number of rotatable bonds is 6. The maximum atomic E-state index is 12.0. The highest BCUT2D eigenvalue weighted by atomic mass is 16.1. The van der Waals surface area contributed by atoms with Gasteiger partial charge in [0.1, 0.15) is 11.6 Å². The average molecular weight is 389 g/mol. The van der Waals surface area contributed by atoms with Crippen molar-refractivity contribution in [1.29, 1.82) is 0 Å². The van der Waals surface area contributed by atoms with Gasteiger partial charge in [0.2, 0.25) is 5.95 Å². The van der Waals surface area contributed by atoms with Crippen molar-refractivity contribution < 1.29 is 4.79 Å². The van der Waals surface area contributed by atoms with Crippen LogP contribution < -0.4 is 20.9 Å². The third kappa shape index (κ3) is 4.67. The van der Waals surface area contributed by atoms with Crippen LogP contribution in [-0.2, 0) is 0 Å². The van der Waals surface area contributed by atoms with Gasteiger partial charge in [-0.25, -0.2) is 9.97 Å². The summed E-state index contributed by atoms with van der Waals surface area (Å²) in [7, 11) is 0. The SMILES string of the molecule is CC(=O)c1cnc(Nc2ccc(N3CCNCC3)cn2)nc1Nc1ccccc1. The summed E-state index contributed by atoms with van der Waals surface area (Å²) in [4.78, 5) is 27.5. The van der Waals surface area contributed by atoms with Crippen LogP contribution in [0.1, 0.15) is 17.3 Å². The van der Waals surface area contributed by atoms with Crippen molar-refractivity contribution in [2.24, 2.45) is 0 Å².